The second-order valence-electron chi connectivity index (χ2n) is 6.75. The van der Waals surface area contributed by atoms with E-state index in [9.17, 15) is 14.0 Å². The minimum atomic E-state index is -0.317. The zero-order chi connectivity index (χ0) is 19.6. The van der Waals surface area contributed by atoms with E-state index in [0.29, 0.717) is 12.1 Å². The molecule has 0 radical (unpaired) electrons. The van der Waals surface area contributed by atoms with E-state index in [1.165, 1.54) is 18.2 Å². The predicted octanol–water partition coefficient (Wildman–Crippen LogP) is 3.35. The Morgan fingerprint density at radius 2 is 2.04 bits per heavy atom. The predicted molar refractivity (Wildman–Crippen MR) is 104 cm³/mol. The SMILES string of the molecule is CCc1[nH]c2c(CNC(=O)CCn3c(C)cccc3=O)cc(F)cc2c1C. The van der Waals surface area contributed by atoms with Gasteiger partial charge in [-0.15, -0.1) is 0 Å². The number of rotatable bonds is 6. The van der Waals surface area contributed by atoms with Crippen LogP contribution in [0, 0.1) is 19.7 Å². The number of pyridine rings is 1. The van der Waals surface area contributed by atoms with E-state index in [-0.39, 0.29) is 30.2 Å². The van der Waals surface area contributed by atoms with Gasteiger partial charge < -0.3 is 14.9 Å². The molecule has 0 bridgehead atoms. The van der Waals surface area contributed by atoms with Crippen molar-refractivity contribution in [1.82, 2.24) is 14.9 Å². The summed E-state index contributed by atoms with van der Waals surface area (Å²) < 4.78 is 15.6. The summed E-state index contributed by atoms with van der Waals surface area (Å²) >= 11 is 0. The number of H-pyrrole nitrogens is 1. The molecule has 0 fully saturated rings. The van der Waals surface area contributed by atoms with E-state index in [1.807, 2.05) is 26.8 Å². The number of amides is 1. The lowest BCUT2D eigenvalue weighted by atomic mass is 10.1. The standard InChI is InChI=1S/C21H24FN3O2/c1-4-18-14(3)17-11-16(22)10-15(21(17)24-18)12-23-19(26)8-9-25-13(2)6-5-7-20(25)27/h5-7,10-11,24H,4,8-9,12H2,1-3H3,(H,23,26). The maximum atomic E-state index is 14.0. The molecule has 142 valence electrons. The van der Waals surface area contributed by atoms with Gasteiger partial charge in [0.15, 0.2) is 0 Å². The topological polar surface area (TPSA) is 66.9 Å². The molecule has 27 heavy (non-hydrogen) atoms. The molecule has 1 amide bonds. The number of nitrogens with one attached hydrogen (secondary N) is 2. The molecule has 3 rings (SSSR count). The number of nitrogens with zero attached hydrogens (tertiary/aromatic N) is 1. The largest absolute Gasteiger partial charge is 0.358 e. The first-order valence-electron chi connectivity index (χ1n) is 9.13. The molecule has 0 aliphatic heterocycles. The molecule has 1 aromatic carbocycles. The third-order valence-corrected chi connectivity index (χ3v) is 4.98. The van der Waals surface area contributed by atoms with E-state index in [4.69, 9.17) is 0 Å². The zero-order valence-electron chi connectivity index (χ0n) is 15.9. The Morgan fingerprint density at radius 3 is 2.74 bits per heavy atom. The summed E-state index contributed by atoms with van der Waals surface area (Å²) in [4.78, 5) is 27.4. The summed E-state index contributed by atoms with van der Waals surface area (Å²) in [6, 6.07) is 7.99. The van der Waals surface area contributed by atoms with E-state index in [2.05, 4.69) is 10.3 Å². The molecule has 0 atom stereocenters. The van der Waals surface area contributed by atoms with Crippen LogP contribution in [-0.2, 0) is 24.3 Å². The van der Waals surface area contributed by atoms with Gasteiger partial charge in [0.05, 0.1) is 5.52 Å². The molecular formula is C21H24FN3O2. The van der Waals surface area contributed by atoms with Crippen molar-refractivity contribution >= 4 is 16.8 Å². The number of hydrogen-bond acceptors (Lipinski definition) is 2. The Kier molecular flexibility index (Phi) is 5.44. The average Bonchev–Trinajstić information content (AvgIpc) is 2.95. The Balaban J connectivity index is 1.71. The van der Waals surface area contributed by atoms with Crippen molar-refractivity contribution in [2.24, 2.45) is 0 Å². The summed E-state index contributed by atoms with van der Waals surface area (Å²) in [6.45, 7) is 6.40. The van der Waals surface area contributed by atoms with Crippen molar-refractivity contribution in [3.05, 3.63) is 69.0 Å². The van der Waals surface area contributed by atoms with Gasteiger partial charge in [0.25, 0.3) is 5.56 Å². The van der Waals surface area contributed by atoms with Crippen molar-refractivity contribution < 1.29 is 9.18 Å². The lowest BCUT2D eigenvalue weighted by Crippen LogP contribution is -2.27. The fourth-order valence-corrected chi connectivity index (χ4v) is 3.41. The van der Waals surface area contributed by atoms with Gasteiger partial charge in [-0.2, -0.15) is 0 Å². The summed E-state index contributed by atoms with van der Waals surface area (Å²) in [7, 11) is 0. The van der Waals surface area contributed by atoms with Crippen molar-refractivity contribution in [2.75, 3.05) is 0 Å². The minimum absolute atomic E-state index is 0.122. The van der Waals surface area contributed by atoms with Gasteiger partial charge in [-0.05, 0) is 49.6 Å². The zero-order valence-corrected chi connectivity index (χ0v) is 15.9. The van der Waals surface area contributed by atoms with Crippen LogP contribution in [0.4, 0.5) is 4.39 Å². The van der Waals surface area contributed by atoms with Gasteiger partial charge in [0.2, 0.25) is 5.91 Å². The molecular weight excluding hydrogens is 345 g/mol. The molecule has 0 spiro atoms. The molecule has 2 aromatic heterocycles. The van der Waals surface area contributed by atoms with Gasteiger partial charge >= 0.3 is 0 Å². The lowest BCUT2D eigenvalue weighted by molar-refractivity contribution is -0.121. The maximum absolute atomic E-state index is 14.0. The minimum Gasteiger partial charge on any atom is -0.358 e. The second kappa shape index (κ2) is 7.78. The number of halogens is 1. The highest BCUT2D eigenvalue weighted by Crippen LogP contribution is 2.26. The van der Waals surface area contributed by atoms with Crippen LogP contribution in [0.15, 0.2) is 35.1 Å². The molecule has 5 nitrogen and oxygen atoms in total. The molecule has 0 saturated heterocycles. The molecule has 2 N–H and O–H groups in total. The van der Waals surface area contributed by atoms with E-state index < -0.39 is 0 Å². The molecule has 0 unspecified atom stereocenters. The second-order valence-corrected chi connectivity index (χ2v) is 6.75. The van der Waals surface area contributed by atoms with E-state index >= 15 is 0 Å². The fraction of sp³-hybridized carbons (Fsp3) is 0.333. The first-order chi connectivity index (χ1) is 12.9. The molecule has 6 heteroatoms. The first kappa shape index (κ1) is 18.9. The van der Waals surface area contributed by atoms with Gasteiger partial charge in [-0.1, -0.05) is 13.0 Å². The van der Waals surface area contributed by atoms with Crippen molar-refractivity contribution in [3.8, 4) is 0 Å². The summed E-state index contributed by atoms with van der Waals surface area (Å²) in [5.41, 5.74) is 4.38. The van der Waals surface area contributed by atoms with Gasteiger partial charge in [0, 0.05) is 42.4 Å². The van der Waals surface area contributed by atoms with E-state index in [1.54, 1.807) is 10.6 Å². The Hall–Kier alpha value is -2.89. The van der Waals surface area contributed by atoms with Crippen molar-refractivity contribution in [3.63, 3.8) is 0 Å². The summed E-state index contributed by atoms with van der Waals surface area (Å²) in [5, 5.41) is 3.68. The molecule has 0 saturated carbocycles. The van der Waals surface area contributed by atoms with Crippen LogP contribution < -0.4 is 10.9 Å². The quantitative estimate of drug-likeness (QED) is 0.700. The van der Waals surface area contributed by atoms with Gasteiger partial charge in [0.1, 0.15) is 5.82 Å². The highest BCUT2D eigenvalue weighted by molar-refractivity contribution is 5.87. The average molecular weight is 369 g/mol. The number of benzene rings is 1. The van der Waals surface area contributed by atoms with Crippen LogP contribution in [0.5, 0.6) is 0 Å². The van der Waals surface area contributed by atoms with Crippen LogP contribution in [0.2, 0.25) is 0 Å². The smallest absolute Gasteiger partial charge is 0.250 e. The van der Waals surface area contributed by atoms with Gasteiger partial charge in [-0.3, -0.25) is 9.59 Å². The van der Waals surface area contributed by atoms with E-state index in [0.717, 1.165) is 34.3 Å². The first-order valence-corrected chi connectivity index (χ1v) is 9.13. The van der Waals surface area contributed by atoms with Gasteiger partial charge in [-0.25, -0.2) is 4.39 Å². The van der Waals surface area contributed by atoms with Crippen LogP contribution >= 0.6 is 0 Å². The molecule has 0 aliphatic rings. The van der Waals surface area contributed by atoms with Crippen LogP contribution in [0.1, 0.15) is 35.9 Å². The normalized spacial score (nSPS) is 11.1. The molecule has 2 heterocycles. The fourth-order valence-electron chi connectivity index (χ4n) is 3.41. The summed E-state index contributed by atoms with van der Waals surface area (Å²) in [5.74, 6) is -0.496. The number of aromatic amines is 1. The number of carbonyl (C=O) groups is 1. The van der Waals surface area contributed by atoms with Crippen molar-refractivity contribution in [2.45, 2.75) is 46.7 Å². The third-order valence-electron chi connectivity index (χ3n) is 4.98. The Morgan fingerprint density at radius 1 is 1.26 bits per heavy atom. The van der Waals surface area contributed by atoms with Crippen LogP contribution in [0.25, 0.3) is 10.9 Å². The number of aromatic nitrogens is 2. The molecule has 0 aliphatic carbocycles. The monoisotopic (exact) mass is 369 g/mol. The third kappa shape index (κ3) is 3.94. The lowest BCUT2D eigenvalue weighted by Gasteiger charge is -2.10. The Bertz CT molecular complexity index is 1050. The van der Waals surface area contributed by atoms with Crippen LogP contribution in [0.3, 0.4) is 0 Å². The van der Waals surface area contributed by atoms with Crippen molar-refractivity contribution in [1.29, 1.82) is 0 Å². The molecule has 3 aromatic rings. The number of aryl methyl sites for hydroxylation is 3. The highest BCUT2D eigenvalue weighted by atomic mass is 19.1. The Labute approximate surface area is 157 Å². The number of carbonyl (C=O) groups excluding carboxylic acids is 1. The summed E-state index contributed by atoms with van der Waals surface area (Å²) in [6.07, 6.45) is 1.02. The van der Waals surface area contributed by atoms with Crippen LogP contribution in [-0.4, -0.2) is 15.5 Å². The maximum Gasteiger partial charge on any atom is 0.250 e. The number of fused-ring (bicyclic) bond motifs is 1. The number of hydrogen-bond donors (Lipinski definition) is 2. The highest BCUT2D eigenvalue weighted by Gasteiger charge is 2.13.